The zero-order valence-corrected chi connectivity index (χ0v) is 20.3. The number of rotatable bonds is 6. The average molecular weight is 465 g/mol. The van der Waals surface area contributed by atoms with Crippen molar-refractivity contribution in [2.75, 3.05) is 26.8 Å². The first-order valence-corrected chi connectivity index (χ1v) is 12.8. The van der Waals surface area contributed by atoms with Crippen LogP contribution in [-0.4, -0.2) is 59.9 Å². The molecular weight excluding hydrogens is 428 g/mol. The van der Waals surface area contributed by atoms with Crippen LogP contribution in [0.15, 0.2) is 30.3 Å². The molecule has 7 nitrogen and oxygen atoms in total. The van der Waals surface area contributed by atoms with Gasteiger partial charge in [-0.05, 0) is 75.4 Å². The van der Waals surface area contributed by atoms with Gasteiger partial charge in [0, 0.05) is 35.8 Å². The van der Waals surface area contributed by atoms with Gasteiger partial charge in [-0.15, -0.1) is 0 Å². The van der Waals surface area contributed by atoms with E-state index in [0.29, 0.717) is 24.5 Å². The number of piperidine rings is 3. The number of aromatic nitrogens is 2. The van der Waals surface area contributed by atoms with Gasteiger partial charge in [0.05, 0.1) is 12.8 Å². The Bertz CT molecular complexity index is 990. The smallest absolute Gasteiger partial charge is 0.407 e. The molecule has 1 amide bonds. The van der Waals surface area contributed by atoms with Crippen molar-refractivity contribution < 1.29 is 14.3 Å². The summed E-state index contributed by atoms with van der Waals surface area (Å²) in [6, 6.07) is 10.8. The van der Waals surface area contributed by atoms with E-state index in [2.05, 4.69) is 16.3 Å². The second kappa shape index (κ2) is 10.3. The molecular formula is C27H36N4O3. The van der Waals surface area contributed by atoms with Crippen LogP contribution in [0.2, 0.25) is 0 Å². The van der Waals surface area contributed by atoms with Gasteiger partial charge < -0.3 is 14.8 Å². The Morgan fingerprint density at radius 2 is 1.91 bits per heavy atom. The summed E-state index contributed by atoms with van der Waals surface area (Å²) in [5, 5.41) is 3.07. The van der Waals surface area contributed by atoms with Crippen molar-refractivity contribution in [1.82, 2.24) is 20.2 Å². The van der Waals surface area contributed by atoms with Gasteiger partial charge in [0.2, 0.25) is 0 Å². The number of methoxy groups -OCH3 is 1. The summed E-state index contributed by atoms with van der Waals surface area (Å²) < 4.78 is 11.0. The van der Waals surface area contributed by atoms with Crippen molar-refractivity contribution in [1.29, 1.82) is 0 Å². The first-order valence-electron chi connectivity index (χ1n) is 12.8. The number of hydrogen-bond acceptors (Lipinski definition) is 6. The zero-order valence-electron chi connectivity index (χ0n) is 20.3. The largest absolute Gasteiger partial charge is 0.497 e. The molecule has 7 heteroatoms. The van der Waals surface area contributed by atoms with Crippen LogP contribution in [0.5, 0.6) is 5.75 Å². The standard InChI is InChI=1S/C27H36N4O3/c1-18-28-25(19-8-10-23(33-2)11-9-19)15-26(29-18)24-16-31-13-12-20(24)14-22(31)17-34-27(32)30-21-6-4-3-5-7-21/h8-11,15,20-22,24H,3-7,12-14,16-17H2,1-2H3,(H,30,32)/t20-,22+,24+/m0/s1. The molecule has 1 unspecified atom stereocenters. The number of carbonyl (C=O) groups is 1. The fraction of sp³-hybridized carbons (Fsp3) is 0.593. The second-order valence-electron chi connectivity index (χ2n) is 10.1. The fourth-order valence-electron chi connectivity index (χ4n) is 5.96. The summed E-state index contributed by atoms with van der Waals surface area (Å²) in [5.41, 5.74) is 3.16. The van der Waals surface area contributed by atoms with Gasteiger partial charge >= 0.3 is 6.09 Å². The van der Waals surface area contributed by atoms with Crippen LogP contribution in [0.25, 0.3) is 11.3 Å². The maximum atomic E-state index is 12.3. The molecule has 3 aliphatic heterocycles. The summed E-state index contributed by atoms with van der Waals surface area (Å²) in [7, 11) is 1.68. The zero-order chi connectivity index (χ0) is 23.5. The number of aryl methyl sites for hydroxylation is 1. The Kier molecular flexibility index (Phi) is 6.99. The molecule has 182 valence electrons. The maximum absolute atomic E-state index is 12.3. The molecule has 4 fully saturated rings. The van der Waals surface area contributed by atoms with Crippen LogP contribution in [0.3, 0.4) is 0 Å². The van der Waals surface area contributed by atoms with Crippen molar-refractivity contribution in [2.24, 2.45) is 5.92 Å². The van der Waals surface area contributed by atoms with Crippen molar-refractivity contribution >= 4 is 6.09 Å². The number of nitrogens with one attached hydrogen (secondary N) is 1. The number of amides is 1. The van der Waals surface area contributed by atoms with Gasteiger partial charge in [-0.3, -0.25) is 4.90 Å². The number of alkyl carbamates (subject to hydrolysis) is 1. The van der Waals surface area contributed by atoms with E-state index < -0.39 is 0 Å². The highest BCUT2D eigenvalue weighted by Crippen LogP contribution is 2.42. The summed E-state index contributed by atoms with van der Waals surface area (Å²) in [6.45, 7) is 4.47. The highest BCUT2D eigenvalue weighted by atomic mass is 16.5. The van der Waals surface area contributed by atoms with Crippen LogP contribution < -0.4 is 10.1 Å². The minimum absolute atomic E-state index is 0.248. The van der Waals surface area contributed by atoms with E-state index in [4.69, 9.17) is 19.4 Å². The molecule has 6 rings (SSSR count). The lowest BCUT2D eigenvalue weighted by atomic mass is 9.74. The molecule has 1 aromatic heterocycles. The van der Waals surface area contributed by atoms with E-state index in [0.717, 1.165) is 67.3 Å². The molecule has 0 radical (unpaired) electrons. The van der Waals surface area contributed by atoms with E-state index in [1.54, 1.807) is 7.11 Å². The minimum atomic E-state index is -0.248. The van der Waals surface area contributed by atoms with Gasteiger partial charge in [0.25, 0.3) is 0 Å². The third-order valence-electron chi connectivity index (χ3n) is 7.84. The molecule has 4 aliphatic rings. The number of nitrogens with zero attached hydrogens (tertiary/aromatic N) is 3. The van der Waals surface area contributed by atoms with E-state index >= 15 is 0 Å². The van der Waals surface area contributed by atoms with Gasteiger partial charge in [0.15, 0.2) is 0 Å². The summed E-state index contributed by atoms with van der Waals surface area (Å²) in [4.78, 5) is 24.3. The highest BCUT2D eigenvalue weighted by Gasteiger charge is 2.42. The average Bonchev–Trinajstić information content (AvgIpc) is 2.88. The lowest BCUT2D eigenvalue weighted by molar-refractivity contribution is -0.00403. The van der Waals surface area contributed by atoms with Crippen molar-refractivity contribution in [3.05, 3.63) is 41.9 Å². The van der Waals surface area contributed by atoms with E-state index in [1.807, 2.05) is 31.2 Å². The molecule has 4 heterocycles. The normalized spacial score (nSPS) is 26.8. The first-order chi connectivity index (χ1) is 16.6. The Morgan fingerprint density at radius 3 is 2.62 bits per heavy atom. The lowest BCUT2D eigenvalue weighted by Crippen LogP contribution is -2.54. The Balaban J connectivity index is 1.21. The van der Waals surface area contributed by atoms with Gasteiger partial charge in [-0.25, -0.2) is 14.8 Å². The quantitative estimate of drug-likeness (QED) is 0.668. The Labute approximate surface area is 202 Å². The molecule has 4 atom stereocenters. The number of fused-ring (bicyclic) bond motifs is 3. The van der Waals surface area contributed by atoms with Crippen molar-refractivity contribution in [2.45, 2.75) is 69.9 Å². The summed E-state index contributed by atoms with van der Waals surface area (Å²) in [5.74, 6) is 2.59. The van der Waals surface area contributed by atoms with Crippen LogP contribution in [-0.2, 0) is 4.74 Å². The summed E-state index contributed by atoms with van der Waals surface area (Å²) >= 11 is 0. The predicted octanol–water partition coefficient (Wildman–Crippen LogP) is 4.70. The van der Waals surface area contributed by atoms with E-state index in [-0.39, 0.29) is 12.1 Å². The van der Waals surface area contributed by atoms with E-state index in [1.165, 1.54) is 19.3 Å². The maximum Gasteiger partial charge on any atom is 0.407 e. The Hall–Kier alpha value is -2.67. The third-order valence-corrected chi connectivity index (χ3v) is 7.84. The van der Waals surface area contributed by atoms with Crippen molar-refractivity contribution in [3.63, 3.8) is 0 Å². The molecule has 3 saturated heterocycles. The molecule has 2 bridgehead atoms. The van der Waals surface area contributed by atoms with Crippen LogP contribution in [0.1, 0.15) is 62.4 Å². The molecule has 0 spiro atoms. The molecule has 1 aliphatic carbocycles. The molecule has 34 heavy (non-hydrogen) atoms. The van der Waals surface area contributed by atoms with Gasteiger partial charge in [-0.1, -0.05) is 19.3 Å². The highest BCUT2D eigenvalue weighted by molar-refractivity contribution is 5.67. The fourth-order valence-corrected chi connectivity index (χ4v) is 5.96. The number of ether oxygens (including phenoxy) is 2. The van der Waals surface area contributed by atoms with Crippen LogP contribution in [0.4, 0.5) is 4.79 Å². The topological polar surface area (TPSA) is 76.6 Å². The predicted molar refractivity (Wildman–Crippen MR) is 131 cm³/mol. The molecule has 1 saturated carbocycles. The van der Waals surface area contributed by atoms with E-state index in [9.17, 15) is 4.79 Å². The van der Waals surface area contributed by atoms with Crippen molar-refractivity contribution in [3.8, 4) is 17.0 Å². The number of carbonyl (C=O) groups excluding carboxylic acids is 1. The molecule has 1 aromatic carbocycles. The third kappa shape index (κ3) is 5.19. The molecule has 2 aromatic rings. The Morgan fingerprint density at radius 1 is 1.12 bits per heavy atom. The van der Waals surface area contributed by atoms with Crippen LogP contribution >= 0.6 is 0 Å². The first kappa shape index (κ1) is 23.1. The summed E-state index contributed by atoms with van der Waals surface area (Å²) in [6.07, 6.45) is 7.79. The lowest BCUT2D eigenvalue weighted by Gasteiger charge is -2.49. The molecule has 1 N–H and O–H groups in total. The number of hydrogen-bond donors (Lipinski definition) is 1. The SMILES string of the molecule is COc1ccc(-c2cc([C@@H]3CN4CC[C@H]3C[C@@H]4COC(=O)NC3CCCCC3)nc(C)n2)cc1. The van der Waals surface area contributed by atoms with Gasteiger partial charge in [0.1, 0.15) is 18.2 Å². The minimum Gasteiger partial charge on any atom is -0.497 e. The monoisotopic (exact) mass is 464 g/mol. The second-order valence-corrected chi connectivity index (χ2v) is 10.1. The van der Waals surface area contributed by atoms with Gasteiger partial charge in [-0.2, -0.15) is 0 Å². The number of benzene rings is 1. The van der Waals surface area contributed by atoms with Crippen LogP contribution in [0, 0.1) is 12.8 Å².